The van der Waals surface area contributed by atoms with Crippen LogP contribution in [0.1, 0.15) is 0 Å². The maximum absolute atomic E-state index is 11.6. The van der Waals surface area contributed by atoms with Crippen molar-refractivity contribution >= 4 is 17.7 Å². The molecule has 5 nitrogen and oxygen atoms in total. The first-order chi connectivity index (χ1) is 7.24. The topological polar surface area (TPSA) is 72.8 Å². The summed E-state index contributed by atoms with van der Waals surface area (Å²) in [6.07, 6.45) is -0.717. The third kappa shape index (κ3) is 4.83. The second-order valence-corrected chi connectivity index (χ2v) is 4.51. The van der Waals surface area contributed by atoms with Crippen molar-refractivity contribution in [2.45, 2.75) is 6.10 Å². The molecule has 0 aliphatic carbocycles. The highest BCUT2D eigenvalue weighted by molar-refractivity contribution is 7.99. The molecule has 1 atom stereocenters. The average Bonchev–Trinajstić information content (AvgIpc) is 2.29. The lowest BCUT2D eigenvalue weighted by Crippen LogP contribution is -2.47. The molecule has 15 heavy (non-hydrogen) atoms. The summed E-state index contributed by atoms with van der Waals surface area (Å²) in [5.74, 6) is 0.914. The van der Waals surface area contributed by atoms with Crippen LogP contribution in [0.2, 0.25) is 0 Å². The van der Waals surface area contributed by atoms with Gasteiger partial charge in [0.2, 0.25) is 5.91 Å². The molecule has 6 heteroatoms. The van der Waals surface area contributed by atoms with Gasteiger partial charge in [0, 0.05) is 31.9 Å². The van der Waals surface area contributed by atoms with Crippen LogP contribution in [-0.4, -0.2) is 71.4 Å². The van der Waals surface area contributed by atoms with Crippen molar-refractivity contribution in [2.24, 2.45) is 0 Å². The Kier molecular flexibility index (Phi) is 6.00. The van der Waals surface area contributed by atoms with Crippen LogP contribution in [0.15, 0.2) is 0 Å². The summed E-state index contributed by atoms with van der Waals surface area (Å²) in [7, 11) is 0. The van der Waals surface area contributed by atoms with Gasteiger partial charge in [-0.2, -0.15) is 0 Å². The fourth-order valence-corrected chi connectivity index (χ4v) is 2.19. The predicted molar refractivity (Wildman–Crippen MR) is 59.9 cm³/mol. The SMILES string of the molecule is O=C(CSCC(O)CO)N1CCNCC1. The smallest absolute Gasteiger partial charge is 0.232 e. The highest BCUT2D eigenvalue weighted by Gasteiger charge is 2.16. The highest BCUT2D eigenvalue weighted by atomic mass is 32.2. The van der Waals surface area contributed by atoms with Crippen LogP contribution >= 0.6 is 11.8 Å². The number of amides is 1. The van der Waals surface area contributed by atoms with Crippen LogP contribution in [0, 0.1) is 0 Å². The number of aliphatic hydroxyl groups excluding tert-OH is 2. The molecule has 1 heterocycles. The third-order valence-corrected chi connectivity index (χ3v) is 3.29. The molecule has 0 saturated carbocycles. The molecule has 1 rings (SSSR count). The molecule has 1 aliphatic heterocycles. The van der Waals surface area contributed by atoms with Crippen LogP contribution in [-0.2, 0) is 4.79 Å². The summed E-state index contributed by atoms with van der Waals surface area (Å²) in [5, 5.41) is 20.8. The minimum Gasteiger partial charge on any atom is -0.394 e. The van der Waals surface area contributed by atoms with E-state index in [1.165, 1.54) is 11.8 Å². The molecule has 0 aromatic carbocycles. The third-order valence-electron chi connectivity index (χ3n) is 2.22. The number of rotatable bonds is 5. The molecule has 1 fully saturated rings. The maximum atomic E-state index is 11.6. The zero-order valence-corrected chi connectivity index (χ0v) is 9.50. The number of hydrogen-bond acceptors (Lipinski definition) is 5. The number of aliphatic hydroxyl groups is 2. The molecule has 88 valence electrons. The number of carbonyl (C=O) groups excluding carboxylic acids is 1. The first kappa shape index (κ1) is 12.8. The van der Waals surface area contributed by atoms with Gasteiger partial charge in [-0.05, 0) is 0 Å². The van der Waals surface area contributed by atoms with Crippen molar-refractivity contribution < 1.29 is 15.0 Å². The zero-order chi connectivity index (χ0) is 11.1. The molecular weight excluding hydrogens is 216 g/mol. The monoisotopic (exact) mass is 234 g/mol. The molecule has 0 aromatic rings. The normalized spacial score (nSPS) is 18.9. The summed E-state index contributed by atoms with van der Waals surface area (Å²) in [6.45, 7) is 3.00. The maximum Gasteiger partial charge on any atom is 0.232 e. The lowest BCUT2D eigenvalue weighted by Gasteiger charge is -2.27. The van der Waals surface area contributed by atoms with E-state index < -0.39 is 6.10 Å². The lowest BCUT2D eigenvalue weighted by molar-refractivity contribution is -0.128. The first-order valence-corrected chi connectivity index (χ1v) is 6.24. The number of carbonyl (C=O) groups is 1. The molecule has 0 radical (unpaired) electrons. The van der Waals surface area contributed by atoms with Crippen molar-refractivity contribution in [3.8, 4) is 0 Å². The number of hydrogen-bond donors (Lipinski definition) is 3. The van der Waals surface area contributed by atoms with E-state index in [-0.39, 0.29) is 12.5 Å². The van der Waals surface area contributed by atoms with Gasteiger partial charge in [0.15, 0.2) is 0 Å². The summed E-state index contributed by atoms with van der Waals surface area (Å²) in [6, 6.07) is 0. The number of nitrogens with one attached hydrogen (secondary N) is 1. The minimum atomic E-state index is -0.717. The van der Waals surface area contributed by atoms with Crippen LogP contribution < -0.4 is 5.32 Å². The Bertz CT molecular complexity index is 198. The molecule has 3 N–H and O–H groups in total. The molecule has 1 saturated heterocycles. The van der Waals surface area contributed by atoms with E-state index in [9.17, 15) is 4.79 Å². The molecule has 1 aliphatic rings. The summed E-state index contributed by atoms with van der Waals surface area (Å²) in [5.41, 5.74) is 0. The Balaban J connectivity index is 2.12. The van der Waals surface area contributed by atoms with E-state index in [1.54, 1.807) is 0 Å². The molecule has 1 unspecified atom stereocenters. The van der Waals surface area contributed by atoms with Crippen molar-refractivity contribution in [2.75, 3.05) is 44.3 Å². The van der Waals surface area contributed by atoms with E-state index in [0.29, 0.717) is 11.5 Å². The van der Waals surface area contributed by atoms with Gasteiger partial charge in [-0.25, -0.2) is 0 Å². The summed E-state index contributed by atoms with van der Waals surface area (Å²) in [4.78, 5) is 13.4. The standard InChI is InChI=1S/C9H18N2O3S/c12-5-8(13)6-15-7-9(14)11-3-1-10-2-4-11/h8,10,12-13H,1-7H2. The second kappa shape index (κ2) is 7.05. The lowest BCUT2D eigenvalue weighted by atomic mass is 10.3. The summed E-state index contributed by atoms with van der Waals surface area (Å²) < 4.78 is 0. The second-order valence-electron chi connectivity index (χ2n) is 3.48. The number of piperazine rings is 1. The quantitative estimate of drug-likeness (QED) is 0.540. The largest absolute Gasteiger partial charge is 0.394 e. The van der Waals surface area contributed by atoms with E-state index in [1.807, 2.05) is 4.90 Å². The zero-order valence-electron chi connectivity index (χ0n) is 8.69. The van der Waals surface area contributed by atoms with Gasteiger partial charge in [-0.15, -0.1) is 11.8 Å². The Hall–Kier alpha value is -0.300. The van der Waals surface area contributed by atoms with Crippen molar-refractivity contribution in [1.82, 2.24) is 10.2 Å². The van der Waals surface area contributed by atoms with Crippen LogP contribution in [0.25, 0.3) is 0 Å². The van der Waals surface area contributed by atoms with E-state index >= 15 is 0 Å². The molecule has 0 bridgehead atoms. The van der Waals surface area contributed by atoms with Crippen LogP contribution in [0.5, 0.6) is 0 Å². The average molecular weight is 234 g/mol. The number of nitrogens with zero attached hydrogens (tertiary/aromatic N) is 1. The molecule has 0 spiro atoms. The van der Waals surface area contributed by atoms with Crippen molar-refractivity contribution in [1.29, 1.82) is 0 Å². The Morgan fingerprint density at radius 2 is 2.13 bits per heavy atom. The fourth-order valence-electron chi connectivity index (χ4n) is 1.34. The molecular formula is C9H18N2O3S. The molecule has 0 aromatic heterocycles. The Morgan fingerprint density at radius 1 is 1.47 bits per heavy atom. The number of thioether (sulfide) groups is 1. The van der Waals surface area contributed by atoms with E-state index in [4.69, 9.17) is 10.2 Å². The van der Waals surface area contributed by atoms with Gasteiger partial charge < -0.3 is 20.4 Å². The highest BCUT2D eigenvalue weighted by Crippen LogP contribution is 2.05. The predicted octanol–water partition coefficient (Wildman–Crippen LogP) is -1.50. The fraction of sp³-hybridized carbons (Fsp3) is 0.889. The Labute approximate surface area is 93.8 Å². The van der Waals surface area contributed by atoms with E-state index in [0.717, 1.165) is 26.2 Å². The Morgan fingerprint density at radius 3 is 2.73 bits per heavy atom. The van der Waals surface area contributed by atoms with Crippen molar-refractivity contribution in [3.63, 3.8) is 0 Å². The van der Waals surface area contributed by atoms with Gasteiger partial charge in [0.05, 0.1) is 18.5 Å². The van der Waals surface area contributed by atoms with Crippen LogP contribution in [0.4, 0.5) is 0 Å². The molecule has 1 amide bonds. The minimum absolute atomic E-state index is 0.117. The van der Waals surface area contributed by atoms with Gasteiger partial charge in [-0.3, -0.25) is 4.79 Å². The van der Waals surface area contributed by atoms with Crippen LogP contribution in [0.3, 0.4) is 0 Å². The van der Waals surface area contributed by atoms with Crippen molar-refractivity contribution in [3.05, 3.63) is 0 Å². The van der Waals surface area contributed by atoms with E-state index in [2.05, 4.69) is 5.32 Å². The van der Waals surface area contributed by atoms with Gasteiger partial charge in [0.1, 0.15) is 0 Å². The summed E-state index contributed by atoms with van der Waals surface area (Å²) >= 11 is 1.37. The van der Waals surface area contributed by atoms with Gasteiger partial charge >= 0.3 is 0 Å². The van der Waals surface area contributed by atoms with Gasteiger partial charge in [0.25, 0.3) is 0 Å². The first-order valence-electron chi connectivity index (χ1n) is 5.09. The van der Waals surface area contributed by atoms with Gasteiger partial charge in [-0.1, -0.05) is 0 Å².